The molecule has 4 aromatic rings. The maximum Gasteiger partial charge on any atom is 0.266 e. The van der Waals surface area contributed by atoms with Crippen molar-refractivity contribution in [2.24, 2.45) is 4.99 Å². The van der Waals surface area contributed by atoms with Gasteiger partial charge in [0.2, 0.25) is 5.13 Å². The van der Waals surface area contributed by atoms with Crippen molar-refractivity contribution in [3.05, 3.63) is 87.8 Å². The number of amides is 1. The molecule has 2 aromatic heterocycles. The predicted molar refractivity (Wildman–Crippen MR) is 137 cm³/mol. The first-order valence-electron chi connectivity index (χ1n) is 10.3. The summed E-state index contributed by atoms with van der Waals surface area (Å²) in [4.78, 5) is 24.5. The number of thioether (sulfide) groups is 1. The van der Waals surface area contributed by atoms with Crippen LogP contribution in [0.2, 0.25) is 5.02 Å². The zero-order valence-electron chi connectivity index (χ0n) is 17.6. The number of aliphatic imine (C=N–C) groups is 1. The monoisotopic (exact) mass is 491 g/mol. The maximum atomic E-state index is 13.0. The number of carbonyl (C=O) groups excluding carboxylic acids is 1. The van der Waals surface area contributed by atoms with Crippen LogP contribution in [0.15, 0.2) is 86.4 Å². The molecule has 0 bridgehead atoms. The summed E-state index contributed by atoms with van der Waals surface area (Å²) in [7, 11) is 0. The number of likely N-dealkylation sites (N-methyl/N-ethyl adjacent to an activating group) is 1. The van der Waals surface area contributed by atoms with Crippen LogP contribution in [0, 0.1) is 0 Å². The molecule has 1 aliphatic heterocycles. The smallest absolute Gasteiger partial charge is 0.266 e. The summed E-state index contributed by atoms with van der Waals surface area (Å²) in [6.45, 7) is 2.45. The molecule has 1 fully saturated rings. The summed E-state index contributed by atoms with van der Waals surface area (Å²) >= 11 is 8.86. The van der Waals surface area contributed by atoms with Gasteiger partial charge in [-0.1, -0.05) is 54.1 Å². The van der Waals surface area contributed by atoms with E-state index in [0.717, 1.165) is 16.8 Å². The zero-order chi connectivity index (χ0) is 22.8. The van der Waals surface area contributed by atoms with E-state index in [0.29, 0.717) is 38.3 Å². The van der Waals surface area contributed by atoms with Crippen molar-refractivity contribution in [1.29, 1.82) is 0 Å². The quantitative estimate of drug-likeness (QED) is 0.274. The third-order valence-corrected chi connectivity index (χ3v) is 6.94. The lowest BCUT2D eigenvalue weighted by Gasteiger charge is -2.11. The van der Waals surface area contributed by atoms with E-state index in [1.165, 1.54) is 23.1 Å². The Morgan fingerprint density at radius 1 is 1.09 bits per heavy atom. The van der Waals surface area contributed by atoms with Gasteiger partial charge in [-0.05, 0) is 43.0 Å². The summed E-state index contributed by atoms with van der Waals surface area (Å²) in [5, 5.41) is 3.85. The number of aromatic nitrogens is 1. The van der Waals surface area contributed by atoms with E-state index in [2.05, 4.69) is 9.98 Å². The first-order chi connectivity index (χ1) is 16.1. The van der Waals surface area contributed by atoms with Crippen LogP contribution in [0.4, 0.5) is 5.13 Å². The van der Waals surface area contributed by atoms with Crippen molar-refractivity contribution in [1.82, 2.24) is 9.88 Å². The lowest BCUT2D eigenvalue weighted by molar-refractivity contribution is -0.122. The van der Waals surface area contributed by atoms with Gasteiger partial charge < -0.3 is 4.42 Å². The Labute approximate surface area is 204 Å². The van der Waals surface area contributed by atoms with Gasteiger partial charge in [0, 0.05) is 34.2 Å². The minimum Gasteiger partial charge on any atom is -0.457 e. The molecule has 0 spiro atoms. The highest BCUT2D eigenvalue weighted by molar-refractivity contribution is 8.18. The third-order valence-electron chi connectivity index (χ3n) is 4.97. The van der Waals surface area contributed by atoms with Gasteiger partial charge in [0.1, 0.15) is 11.5 Å². The van der Waals surface area contributed by atoms with Gasteiger partial charge in [-0.2, -0.15) is 4.99 Å². The van der Waals surface area contributed by atoms with E-state index in [9.17, 15) is 4.79 Å². The van der Waals surface area contributed by atoms with E-state index in [1.54, 1.807) is 11.0 Å². The second-order valence-electron chi connectivity index (χ2n) is 7.15. The topological polar surface area (TPSA) is 58.7 Å². The molecule has 33 heavy (non-hydrogen) atoms. The highest BCUT2D eigenvalue weighted by Crippen LogP contribution is 2.36. The second kappa shape index (κ2) is 9.39. The first kappa shape index (κ1) is 21.7. The fourth-order valence-electron chi connectivity index (χ4n) is 3.37. The Balaban J connectivity index is 1.40. The van der Waals surface area contributed by atoms with Gasteiger partial charge in [-0.25, -0.2) is 4.98 Å². The van der Waals surface area contributed by atoms with Crippen molar-refractivity contribution < 1.29 is 9.21 Å². The van der Waals surface area contributed by atoms with Crippen molar-refractivity contribution >= 4 is 57.0 Å². The Morgan fingerprint density at radius 3 is 2.70 bits per heavy atom. The Bertz CT molecular complexity index is 1380. The van der Waals surface area contributed by atoms with Crippen molar-refractivity contribution in [3.8, 4) is 22.6 Å². The number of rotatable bonds is 5. The molecule has 8 heteroatoms. The number of hydrogen-bond acceptors (Lipinski definition) is 6. The number of carbonyl (C=O) groups is 1. The number of benzene rings is 2. The van der Waals surface area contributed by atoms with Crippen LogP contribution in [0.1, 0.15) is 12.7 Å². The van der Waals surface area contributed by atoms with Crippen molar-refractivity contribution in [2.45, 2.75) is 6.92 Å². The van der Waals surface area contributed by atoms with Crippen LogP contribution in [-0.4, -0.2) is 27.5 Å². The molecule has 5 nitrogen and oxygen atoms in total. The van der Waals surface area contributed by atoms with E-state index in [-0.39, 0.29) is 5.91 Å². The van der Waals surface area contributed by atoms with E-state index in [1.807, 2.05) is 79.0 Å². The second-order valence-corrected chi connectivity index (χ2v) is 9.43. The minimum atomic E-state index is -0.0956. The van der Waals surface area contributed by atoms with Crippen LogP contribution in [-0.2, 0) is 4.79 Å². The first-order valence-corrected chi connectivity index (χ1v) is 12.3. The maximum absolute atomic E-state index is 13.0. The number of thiazole rings is 1. The number of hydrogen-bond donors (Lipinski definition) is 0. The molecule has 164 valence electrons. The van der Waals surface area contributed by atoms with Crippen LogP contribution in [0.5, 0.6) is 0 Å². The molecule has 0 saturated carbocycles. The molecule has 0 aliphatic carbocycles. The molecular formula is C25H18ClN3O2S2. The molecular weight excluding hydrogens is 474 g/mol. The number of nitrogens with zero attached hydrogens (tertiary/aromatic N) is 3. The highest BCUT2D eigenvalue weighted by atomic mass is 35.5. The lowest BCUT2D eigenvalue weighted by Crippen LogP contribution is -2.28. The summed E-state index contributed by atoms with van der Waals surface area (Å²) in [5.74, 6) is 1.19. The molecule has 0 atom stereocenters. The fraction of sp³-hybridized carbons (Fsp3) is 0.0800. The minimum absolute atomic E-state index is 0.0956. The zero-order valence-corrected chi connectivity index (χ0v) is 20.0. The molecule has 5 rings (SSSR count). The molecule has 1 amide bonds. The van der Waals surface area contributed by atoms with E-state index < -0.39 is 0 Å². The summed E-state index contributed by atoms with van der Waals surface area (Å²) in [6.07, 6.45) is 1.75. The molecule has 1 saturated heterocycles. The van der Waals surface area contributed by atoms with E-state index >= 15 is 0 Å². The molecule has 1 aliphatic rings. The average molecular weight is 492 g/mol. The number of amidine groups is 1. The number of halogens is 1. The Hall–Kier alpha value is -3.13. The van der Waals surface area contributed by atoms with Crippen LogP contribution >= 0.6 is 34.7 Å². The average Bonchev–Trinajstić information content (AvgIpc) is 3.55. The molecule has 0 unspecified atom stereocenters. The van der Waals surface area contributed by atoms with Gasteiger partial charge in [0.25, 0.3) is 5.91 Å². The van der Waals surface area contributed by atoms with E-state index in [4.69, 9.17) is 16.0 Å². The van der Waals surface area contributed by atoms with Crippen molar-refractivity contribution in [3.63, 3.8) is 0 Å². The third kappa shape index (κ3) is 4.66. The highest BCUT2D eigenvalue weighted by Gasteiger charge is 2.32. The Kier molecular flexibility index (Phi) is 6.17. The standard InChI is InChI=1S/C25H18ClN3O2S2/c1-2-29-23(30)22(14-19-11-12-21(31-19)17-9-6-10-18(26)13-17)33-25(29)28-24-27-20(15-32-24)16-7-4-3-5-8-16/h3-15H,2H2,1H3/b22-14+,28-25+. The van der Waals surface area contributed by atoms with Crippen LogP contribution in [0.3, 0.4) is 0 Å². The van der Waals surface area contributed by atoms with Gasteiger partial charge in [-0.15, -0.1) is 11.3 Å². The lowest BCUT2D eigenvalue weighted by atomic mass is 10.2. The molecule has 2 aromatic carbocycles. The van der Waals surface area contributed by atoms with Crippen molar-refractivity contribution in [2.75, 3.05) is 6.54 Å². The van der Waals surface area contributed by atoms with Gasteiger partial charge >= 0.3 is 0 Å². The summed E-state index contributed by atoms with van der Waals surface area (Å²) in [5.41, 5.74) is 2.79. The fourth-order valence-corrected chi connectivity index (χ4v) is 5.33. The summed E-state index contributed by atoms with van der Waals surface area (Å²) < 4.78 is 5.94. The SMILES string of the molecule is CCN1C(=O)/C(=C\c2ccc(-c3cccc(Cl)c3)o2)S/C1=N/c1nc(-c2ccccc2)cs1. The van der Waals surface area contributed by atoms with Crippen LogP contribution < -0.4 is 0 Å². The molecule has 3 heterocycles. The summed E-state index contributed by atoms with van der Waals surface area (Å²) in [6, 6.07) is 21.1. The largest absolute Gasteiger partial charge is 0.457 e. The number of furan rings is 1. The predicted octanol–water partition coefficient (Wildman–Crippen LogP) is 7.35. The van der Waals surface area contributed by atoms with Gasteiger partial charge in [-0.3, -0.25) is 9.69 Å². The normalized spacial score (nSPS) is 16.3. The Morgan fingerprint density at radius 2 is 1.91 bits per heavy atom. The van der Waals surface area contributed by atoms with Gasteiger partial charge in [0.15, 0.2) is 5.17 Å². The molecule has 0 radical (unpaired) electrons. The molecule has 0 N–H and O–H groups in total. The van der Waals surface area contributed by atoms with Gasteiger partial charge in [0.05, 0.1) is 10.6 Å². The van der Waals surface area contributed by atoms with Crippen LogP contribution in [0.25, 0.3) is 28.7 Å².